The highest BCUT2D eigenvalue weighted by molar-refractivity contribution is 4.87. The lowest BCUT2D eigenvalue weighted by atomic mass is 9.97. The van der Waals surface area contributed by atoms with Crippen LogP contribution in [0.3, 0.4) is 0 Å². The first-order chi connectivity index (χ1) is 7.96. The van der Waals surface area contributed by atoms with E-state index in [1.165, 1.54) is 25.7 Å². The van der Waals surface area contributed by atoms with Crippen LogP contribution in [-0.2, 0) is 4.74 Å². The molecule has 1 aliphatic carbocycles. The van der Waals surface area contributed by atoms with Crippen LogP contribution in [0.15, 0.2) is 0 Å². The van der Waals surface area contributed by atoms with Gasteiger partial charge in [0.2, 0.25) is 0 Å². The van der Waals surface area contributed by atoms with Crippen molar-refractivity contribution in [2.45, 2.75) is 64.2 Å². The van der Waals surface area contributed by atoms with E-state index in [-0.39, 0.29) is 5.60 Å². The highest BCUT2D eigenvalue weighted by Gasteiger charge is 2.33. The van der Waals surface area contributed by atoms with Gasteiger partial charge in [-0.25, -0.2) is 0 Å². The first-order valence-corrected chi connectivity index (χ1v) is 7.12. The largest absolute Gasteiger partial charge is 0.370 e. The molecule has 2 rings (SSSR count). The highest BCUT2D eigenvalue weighted by atomic mass is 16.5. The second kappa shape index (κ2) is 5.25. The molecule has 0 bridgehead atoms. The smallest absolute Gasteiger partial charge is 0.0757 e. The van der Waals surface area contributed by atoms with Crippen molar-refractivity contribution in [2.75, 3.05) is 19.6 Å². The Morgan fingerprint density at radius 1 is 1.35 bits per heavy atom. The Bertz CT molecular complexity index is 249. The number of morpholine rings is 1. The fourth-order valence-corrected chi connectivity index (χ4v) is 3.56. The zero-order valence-electron chi connectivity index (χ0n) is 11.6. The maximum absolute atomic E-state index is 6.36. The lowest BCUT2D eigenvalue weighted by Crippen LogP contribution is -2.55. The van der Waals surface area contributed by atoms with Crippen molar-refractivity contribution in [1.29, 1.82) is 0 Å². The molecule has 100 valence electrons. The van der Waals surface area contributed by atoms with Crippen molar-refractivity contribution in [3.05, 3.63) is 0 Å². The van der Waals surface area contributed by atoms with Gasteiger partial charge in [-0.3, -0.25) is 4.90 Å². The van der Waals surface area contributed by atoms with Gasteiger partial charge >= 0.3 is 0 Å². The van der Waals surface area contributed by atoms with Crippen LogP contribution < -0.4 is 5.73 Å². The highest BCUT2D eigenvalue weighted by Crippen LogP contribution is 2.28. The Hall–Kier alpha value is -0.120. The molecule has 2 fully saturated rings. The van der Waals surface area contributed by atoms with Crippen LogP contribution in [0, 0.1) is 5.92 Å². The molecule has 1 saturated heterocycles. The van der Waals surface area contributed by atoms with Crippen molar-refractivity contribution >= 4 is 0 Å². The molecule has 0 spiro atoms. The molecule has 0 aromatic rings. The number of ether oxygens (including phenoxy) is 1. The second-order valence-corrected chi connectivity index (χ2v) is 6.59. The summed E-state index contributed by atoms with van der Waals surface area (Å²) in [5.41, 5.74) is 6.34. The molecule has 17 heavy (non-hydrogen) atoms. The Balaban J connectivity index is 1.85. The molecule has 1 saturated carbocycles. The van der Waals surface area contributed by atoms with E-state index in [4.69, 9.17) is 10.5 Å². The average Bonchev–Trinajstić information content (AvgIpc) is 2.65. The summed E-state index contributed by atoms with van der Waals surface area (Å²) in [5, 5.41) is 0. The molecule has 2 aliphatic rings. The molecular formula is C14H28N2O. The summed E-state index contributed by atoms with van der Waals surface area (Å²) in [6, 6.07) is 0.360. The lowest BCUT2D eigenvalue weighted by Gasteiger charge is -2.43. The number of hydrogen-bond donors (Lipinski definition) is 1. The molecular weight excluding hydrogens is 212 g/mol. The van der Waals surface area contributed by atoms with Gasteiger partial charge in [-0.15, -0.1) is 0 Å². The van der Waals surface area contributed by atoms with Crippen LogP contribution in [-0.4, -0.2) is 42.3 Å². The van der Waals surface area contributed by atoms with Crippen molar-refractivity contribution in [1.82, 2.24) is 4.90 Å². The van der Waals surface area contributed by atoms with Gasteiger partial charge in [-0.1, -0.05) is 12.8 Å². The van der Waals surface area contributed by atoms with Crippen LogP contribution in [0.25, 0.3) is 0 Å². The minimum atomic E-state index is -0.0208. The van der Waals surface area contributed by atoms with Crippen molar-refractivity contribution in [3.63, 3.8) is 0 Å². The topological polar surface area (TPSA) is 38.5 Å². The fourth-order valence-electron chi connectivity index (χ4n) is 3.56. The third-order valence-corrected chi connectivity index (χ3v) is 4.11. The predicted molar refractivity (Wildman–Crippen MR) is 71.0 cm³/mol. The monoisotopic (exact) mass is 240 g/mol. The van der Waals surface area contributed by atoms with Gasteiger partial charge in [0, 0.05) is 25.7 Å². The van der Waals surface area contributed by atoms with Gasteiger partial charge < -0.3 is 10.5 Å². The van der Waals surface area contributed by atoms with Crippen molar-refractivity contribution in [3.8, 4) is 0 Å². The summed E-state index contributed by atoms with van der Waals surface area (Å²) >= 11 is 0. The first-order valence-electron chi connectivity index (χ1n) is 7.12. The zero-order valence-corrected chi connectivity index (χ0v) is 11.6. The molecule has 1 heterocycles. The molecule has 3 heteroatoms. The molecule has 0 aromatic heterocycles. The molecule has 0 amide bonds. The van der Waals surface area contributed by atoms with Gasteiger partial charge in [0.05, 0.1) is 11.7 Å². The predicted octanol–water partition coefficient (Wildman–Crippen LogP) is 2.00. The van der Waals surface area contributed by atoms with Gasteiger partial charge in [-0.05, 0) is 39.5 Å². The van der Waals surface area contributed by atoms with E-state index < -0.39 is 0 Å². The Labute approximate surface area is 106 Å². The summed E-state index contributed by atoms with van der Waals surface area (Å²) in [6.45, 7) is 9.60. The summed E-state index contributed by atoms with van der Waals surface area (Å²) in [5.74, 6) is 0.760. The summed E-state index contributed by atoms with van der Waals surface area (Å²) < 4.78 is 5.93. The maximum Gasteiger partial charge on any atom is 0.0757 e. The summed E-state index contributed by atoms with van der Waals surface area (Å²) in [4.78, 5) is 2.50. The molecule has 0 radical (unpaired) electrons. The zero-order chi connectivity index (χ0) is 12.5. The normalized spacial score (nSPS) is 32.8. The van der Waals surface area contributed by atoms with E-state index >= 15 is 0 Å². The number of nitrogens with zero attached hydrogens (tertiary/aromatic N) is 1. The Morgan fingerprint density at radius 2 is 2.00 bits per heavy atom. The number of hydrogen-bond acceptors (Lipinski definition) is 3. The Morgan fingerprint density at radius 3 is 2.59 bits per heavy atom. The summed E-state index contributed by atoms with van der Waals surface area (Å²) in [6.07, 6.45) is 5.76. The van der Waals surface area contributed by atoms with Crippen LogP contribution in [0.2, 0.25) is 0 Å². The van der Waals surface area contributed by atoms with E-state index in [2.05, 4.69) is 25.7 Å². The SMILES string of the molecule is CC1CN(CC(N)C2CCCC2)CC(C)(C)O1. The van der Waals surface area contributed by atoms with E-state index in [1.54, 1.807) is 0 Å². The van der Waals surface area contributed by atoms with E-state index in [1.807, 2.05) is 0 Å². The van der Waals surface area contributed by atoms with Crippen LogP contribution in [0.1, 0.15) is 46.5 Å². The maximum atomic E-state index is 6.36. The number of rotatable bonds is 3. The number of nitrogens with two attached hydrogens (primary N) is 1. The standard InChI is InChI=1S/C14H28N2O/c1-11-8-16(10-14(2,3)17-11)9-13(15)12-6-4-5-7-12/h11-13H,4-10,15H2,1-3H3. The molecule has 0 aromatic carbocycles. The quantitative estimate of drug-likeness (QED) is 0.820. The van der Waals surface area contributed by atoms with E-state index in [0.29, 0.717) is 12.1 Å². The average molecular weight is 240 g/mol. The van der Waals surface area contributed by atoms with Crippen molar-refractivity contribution < 1.29 is 4.74 Å². The van der Waals surface area contributed by atoms with E-state index in [0.717, 1.165) is 25.6 Å². The Kier molecular flexibility index (Phi) is 4.11. The third-order valence-electron chi connectivity index (χ3n) is 4.11. The van der Waals surface area contributed by atoms with Gasteiger partial charge in [0.15, 0.2) is 0 Å². The minimum absolute atomic E-state index is 0.0208. The minimum Gasteiger partial charge on any atom is -0.370 e. The lowest BCUT2D eigenvalue weighted by molar-refractivity contribution is -0.130. The molecule has 3 nitrogen and oxygen atoms in total. The molecule has 2 atom stereocenters. The fraction of sp³-hybridized carbons (Fsp3) is 1.00. The third kappa shape index (κ3) is 3.67. The molecule has 2 N–H and O–H groups in total. The van der Waals surface area contributed by atoms with Crippen LogP contribution >= 0.6 is 0 Å². The molecule has 2 unspecified atom stereocenters. The van der Waals surface area contributed by atoms with Crippen molar-refractivity contribution in [2.24, 2.45) is 11.7 Å². The first kappa shape index (κ1) is 13.3. The van der Waals surface area contributed by atoms with Crippen LogP contribution in [0.4, 0.5) is 0 Å². The van der Waals surface area contributed by atoms with Gasteiger partial charge in [-0.2, -0.15) is 0 Å². The van der Waals surface area contributed by atoms with Gasteiger partial charge in [0.25, 0.3) is 0 Å². The van der Waals surface area contributed by atoms with Gasteiger partial charge in [0.1, 0.15) is 0 Å². The second-order valence-electron chi connectivity index (χ2n) is 6.59. The summed E-state index contributed by atoms with van der Waals surface area (Å²) in [7, 11) is 0. The molecule has 1 aliphatic heterocycles. The van der Waals surface area contributed by atoms with Crippen LogP contribution in [0.5, 0.6) is 0 Å². The van der Waals surface area contributed by atoms with E-state index in [9.17, 15) is 0 Å².